The molecule has 0 rings (SSSR count). The molecule has 0 atom stereocenters. The van der Waals surface area contributed by atoms with Gasteiger partial charge in [-0.3, -0.25) is 0 Å². The molecule has 0 fully saturated rings. The molecule has 0 saturated heterocycles. The molecule has 0 amide bonds. The van der Waals surface area contributed by atoms with Crippen LogP contribution >= 0.6 is 0 Å². The molecule has 0 heterocycles. The summed E-state index contributed by atoms with van der Waals surface area (Å²) >= 11 is 0. The Hall–Kier alpha value is -0.920. The Morgan fingerprint density at radius 2 is 1.36 bits per heavy atom. The summed E-state index contributed by atoms with van der Waals surface area (Å²) < 4.78 is 0. The summed E-state index contributed by atoms with van der Waals surface area (Å²) in [5.41, 5.74) is 0.0999. The zero-order valence-electron chi connectivity index (χ0n) is 10.2. The van der Waals surface area contributed by atoms with Crippen LogP contribution in [0.4, 0.5) is 0 Å². The Bertz CT molecular complexity index is 232. The van der Waals surface area contributed by atoms with Crippen LogP contribution in [0, 0.1) is 35.0 Å². The van der Waals surface area contributed by atoms with Gasteiger partial charge in [-0.2, -0.15) is 0 Å². The van der Waals surface area contributed by atoms with E-state index in [1.807, 2.05) is 41.5 Å². The zero-order chi connectivity index (χ0) is 11.8. The van der Waals surface area contributed by atoms with Gasteiger partial charge < -0.3 is 5.11 Å². The summed E-state index contributed by atoms with van der Waals surface area (Å²) in [7, 11) is 0. The van der Waals surface area contributed by atoms with Gasteiger partial charge in [-0.15, -0.1) is 12.3 Å². The summed E-state index contributed by atoms with van der Waals surface area (Å²) in [6.45, 7) is 12.0. The fraction of sp³-hybridized carbons (Fsp3) is 0.692. The molecule has 1 nitrogen and oxygen atoms in total. The molecule has 80 valence electrons. The van der Waals surface area contributed by atoms with Gasteiger partial charge in [0.15, 0.2) is 0 Å². The van der Waals surface area contributed by atoms with Crippen LogP contribution in [-0.4, -0.2) is 11.7 Å². The van der Waals surface area contributed by atoms with Gasteiger partial charge in [-0.1, -0.05) is 11.8 Å². The minimum Gasteiger partial charge on any atom is -0.384 e. The number of terminal acetylenes is 1. The average molecular weight is 194 g/mol. The number of rotatable bonds is 0. The van der Waals surface area contributed by atoms with Crippen LogP contribution < -0.4 is 0 Å². The van der Waals surface area contributed by atoms with Crippen molar-refractivity contribution in [3.8, 4) is 24.2 Å². The maximum Gasteiger partial charge on any atom is 0.104 e. The molecule has 0 aromatic rings. The Morgan fingerprint density at radius 1 is 1.00 bits per heavy atom. The number of hydrogen-bond acceptors (Lipinski definition) is 1. The lowest BCUT2D eigenvalue weighted by atomic mass is 9.98. The van der Waals surface area contributed by atoms with Crippen LogP contribution in [0.1, 0.15) is 41.5 Å². The second kappa shape index (κ2) is 6.52. The molecule has 14 heavy (non-hydrogen) atoms. The van der Waals surface area contributed by atoms with Crippen LogP contribution in [0.2, 0.25) is 0 Å². The molecular formula is C13H22O. The van der Waals surface area contributed by atoms with E-state index in [9.17, 15) is 0 Å². The van der Waals surface area contributed by atoms with Crippen LogP contribution in [0.3, 0.4) is 0 Å². The quantitative estimate of drug-likeness (QED) is 0.588. The van der Waals surface area contributed by atoms with Crippen LogP contribution in [0.15, 0.2) is 0 Å². The molecule has 0 bridgehead atoms. The maximum absolute atomic E-state index is 8.26. The van der Waals surface area contributed by atoms with Gasteiger partial charge in [0.05, 0.1) is 0 Å². The van der Waals surface area contributed by atoms with E-state index in [0.29, 0.717) is 0 Å². The van der Waals surface area contributed by atoms with Crippen molar-refractivity contribution in [2.45, 2.75) is 41.5 Å². The largest absolute Gasteiger partial charge is 0.384 e. The predicted octanol–water partition coefficient (Wildman–Crippen LogP) is 2.69. The molecule has 0 aromatic carbocycles. The zero-order valence-corrected chi connectivity index (χ0v) is 10.2. The van der Waals surface area contributed by atoms with E-state index >= 15 is 0 Å². The first kappa shape index (κ1) is 15.5. The maximum atomic E-state index is 8.26. The number of aliphatic hydroxyl groups is 1. The van der Waals surface area contributed by atoms with Gasteiger partial charge in [-0.05, 0) is 41.5 Å². The Labute approximate surface area is 88.9 Å². The van der Waals surface area contributed by atoms with Gasteiger partial charge in [0, 0.05) is 10.8 Å². The highest BCUT2D eigenvalue weighted by Gasteiger charge is 2.02. The van der Waals surface area contributed by atoms with E-state index in [2.05, 4.69) is 17.8 Å². The topological polar surface area (TPSA) is 20.2 Å². The summed E-state index contributed by atoms with van der Waals surface area (Å²) in [5, 5.41) is 8.26. The first-order valence-electron chi connectivity index (χ1n) is 4.71. The summed E-state index contributed by atoms with van der Waals surface area (Å²) in [5.74, 6) is 8.07. The van der Waals surface area contributed by atoms with Crippen molar-refractivity contribution in [1.82, 2.24) is 0 Å². The molecule has 0 aliphatic heterocycles. The molecule has 0 aromatic heterocycles. The fourth-order valence-electron chi connectivity index (χ4n) is 0.305. The van der Waals surface area contributed by atoms with Crippen molar-refractivity contribution >= 4 is 0 Å². The van der Waals surface area contributed by atoms with E-state index in [-0.39, 0.29) is 17.4 Å². The molecule has 1 heteroatoms. The lowest BCUT2D eigenvalue weighted by molar-refractivity contribution is 0.350. The molecule has 0 unspecified atom stereocenters. The second-order valence-corrected chi connectivity index (χ2v) is 5.10. The van der Waals surface area contributed by atoms with Gasteiger partial charge in [0.1, 0.15) is 6.61 Å². The van der Waals surface area contributed by atoms with Gasteiger partial charge in [-0.25, -0.2) is 0 Å². The van der Waals surface area contributed by atoms with Crippen molar-refractivity contribution in [3.05, 3.63) is 0 Å². The number of hydrogen-bond donors (Lipinski definition) is 1. The summed E-state index contributed by atoms with van der Waals surface area (Å²) in [6, 6.07) is 0. The van der Waals surface area contributed by atoms with Gasteiger partial charge >= 0.3 is 0 Å². The average Bonchev–Trinajstić information content (AvgIpc) is 1.99. The first-order valence-corrected chi connectivity index (χ1v) is 4.71. The van der Waals surface area contributed by atoms with Crippen molar-refractivity contribution in [2.24, 2.45) is 10.8 Å². The van der Waals surface area contributed by atoms with Gasteiger partial charge in [0.2, 0.25) is 0 Å². The van der Waals surface area contributed by atoms with E-state index in [4.69, 9.17) is 11.5 Å². The number of aliphatic hydroxyl groups excluding tert-OH is 1. The molecule has 0 aliphatic rings. The smallest absolute Gasteiger partial charge is 0.104 e. The Balaban J connectivity index is 0. The lowest BCUT2D eigenvalue weighted by Crippen LogP contribution is -1.99. The fourth-order valence-corrected chi connectivity index (χ4v) is 0.305. The predicted molar refractivity (Wildman–Crippen MR) is 62.6 cm³/mol. The Kier molecular flexibility index (Phi) is 7.24. The highest BCUT2D eigenvalue weighted by molar-refractivity contribution is 5.06. The monoisotopic (exact) mass is 194 g/mol. The van der Waals surface area contributed by atoms with Crippen LogP contribution in [-0.2, 0) is 0 Å². The normalized spacial score (nSPS) is 10.1. The molecule has 0 spiro atoms. The lowest BCUT2D eigenvalue weighted by Gasteiger charge is -2.05. The van der Waals surface area contributed by atoms with E-state index in [0.717, 1.165) is 0 Å². The molecular weight excluding hydrogens is 172 g/mol. The Morgan fingerprint density at radius 3 is 1.43 bits per heavy atom. The molecule has 0 saturated carbocycles. The molecule has 0 radical (unpaired) electrons. The highest BCUT2D eigenvalue weighted by Crippen LogP contribution is 2.09. The van der Waals surface area contributed by atoms with Crippen molar-refractivity contribution in [2.75, 3.05) is 6.61 Å². The third-order valence-corrected chi connectivity index (χ3v) is 0.975. The third-order valence-electron chi connectivity index (χ3n) is 0.975. The minimum atomic E-state index is -0.0305. The SMILES string of the molecule is C#CC(C)(C)C.CC(C)(C)C#CCO. The first-order chi connectivity index (χ1) is 6.12. The van der Waals surface area contributed by atoms with E-state index in [1.165, 1.54) is 0 Å². The van der Waals surface area contributed by atoms with Crippen molar-refractivity contribution in [1.29, 1.82) is 0 Å². The highest BCUT2D eigenvalue weighted by atomic mass is 16.2. The van der Waals surface area contributed by atoms with Crippen LogP contribution in [0.5, 0.6) is 0 Å². The molecule has 1 N–H and O–H groups in total. The standard InChI is InChI=1S/C7H12O.C6H10/c1-7(2,3)5-4-6-8;1-5-6(2,3)4/h8H,6H2,1-3H3;1H,2-4H3. The third kappa shape index (κ3) is 22.5. The minimum absolute atomic E-state index is 0.0305. The van der Waals surface area contributed by atoms with Crippen LogP contribution in [0.25, 0.3) is 0 Å². The second-order valence-electron chi connectivity index (χ2n) is 5.10. The summed E-state index contributed by atoms with van der Waals surface area (Å²) in [6.07, 6.45) is 5.06. The molecule has 0 aliphatic carbocycles. The van der Waals surface area contributed by atoms with Gasteiger partial charge in [0.25, 0.3) is 0 Å². The van der Waals surface area contributed by atoms with Crippen molar-refractivity contribution < 1.29 is 5.11 Å². The summed E-state index contributed by atoms with van der Waals surface area (Å²) in [4.78, 5) is 0. The van der Waals surface area contributed by atoms with E-state index in [1.54, 1.807) is 0 Å². The van der Waals surface area contributed by atoms with E-state index < -0.39 is 0 Å². The van der Waals surface area contributed by atoms with Crippen molar-refractivity contribution in [3.63, 3.8) is 0 Å².